The van der Waals surface area contributed by atoms with Crippen molar-refractivity contribution in [3.8, 4) is 0 Å². The van der Waals surface area contributed by atoms with Gasteiger partial charge < -0.3 is 10.6 Å². The van der Waals surface area contributed by atoms with Crippen LogP contribution in [-0.4, -0.2) is 27.5 Å². The maximum atomic E-state index is 5.82. The Hall–Kier alpha value is -1.21. The maximum absolute atomic E-state index is 5.82. The number of rotatable bonds is 4. The van der Waals surface area contributed by atoms with Crippen LogP contribution < -0.4 is 10.6 Å². The van der Waals surface area contributed by atoms with Crippen LogP contribution >= 0.6 is 23.3 Å². The molecule has 0 saturated carbocycles. The summed E-state index contributed by atoms with van der Waals surface area (Å²) in [7, 11) is 3.96. The van der Waals surface area contributed by atoms with Crippen molar-refractivity contribution in [2.45, 2.75) is 11.4 Å². The molecule has 0 bridgehead atoms. The highest BCUT2D eigenvalue weighted by atomic mass is 32.2. The molecule has 0 aliphatic rings. The van der Waals surface area contributed by atoms with Gasteiger partial charge in [0.2, 0.25) is 0 Å². The second kappa shape index (κ2) is 4.97. The van der Waals surface area contributed by atoms with E-state index in [2.05, 4.69) is 14.4 Å². The predicted molar refractivity (Wildman–Crippen MR) is 73.6 cm³/mol. The summed E-state index contributed by atoms with van der Waals surface area (Å²) in [5.74, 6) is 0.621. The first-order chi connectivity index (χ1) is 8.11. The Morgan fingerprint density at radius 1 is 1.59 bits per heavy atom. The Morgan fingerprint density at radius 3 is 2.94 bits per heavy atom. The monoisotopic (exact) mass is 269 g/mol. The van der Waals surface area contributed by atoms with Gasteiger partial charge in [-0.3, -0.25) is 4.68 Å². The van der Waals surface area contributed by atoms with E-state index in [1.165, 1.54) is 17.1 Å². The normalized spacial score (nSPS) is 10.8. The van der Waals surface area contributed by atoms with E-state index >= 15 is 0 Å². The van der Waals surface area contributed by atoms with Gasteiger partial charge in [0.25, 0.3) is 0 Å². The first kappa shape index (κ1) is 12.3. The average Bonchev–Trinajstić information content (AvgIpc) is 2.84. The van der Waals surface area contributed by atoms with Gasteiger partial charge in [0.05, 0.1) is 11.1 Å². The topological polar surface area (TPSA) is 60.0 Å². The van der Waals surface area contributed by atoms with Crippen molar-refractivity contribution in [2.24, 2.45) is 7.05 Å². The number of aromatic nitrogens is 3. The Kier molecular flexibility index (Phi) is 3.58. The zero-order valence-electron chi connectivity index (χ0n) is 10.0. The highest BCUT2D eigenvalue weighted by Crippen LogP contribution is 2.37. The molecule has 0 spiro atoms. The van der Waals surface area contributed by atoms with Crippen molar-refractivity contribution in [1.82, 2.24) is 14.2 Å². The molecule has 0 aliphatic heterocycles. The molecule has 0 saturated heterocycles. The second-order valence-electron chi connectivity index (χ2n) is 3.78. The van der Waals surface area contributed by atoms with E-state index in [-0.39, 0.29) is 0 Å². The van der Waals surface area contributed by atoms with Crippen LogP contribution in [0.5, 0.6) is 0 Å². The van der Waals surface area contributed by atoms with Gasteiger partial charge in [0.1, 0.15) is 5.00 Å². The van der Waals surface area contributed by atoms with Crippen molar-refractivity contribution >= 4 is 34.1 Å². The first-order valence-corrected chi connectivity index (χ1v) is 7.09. The van der Waals surface area contributed by atoms with Crippen LogP contribution in [0.2, 0.25) is 0 Å². The summed E-state index contributed by atoms with van der Waals surface area (Å²) < 4.78 is 6.00. The fourth-order valence-corrected chi connectivity index (χ4v) is 3.29. The molecule has 0 fully saturated rings. The number of anilines is 2. The molecule has 2 rings (SSSR count). The minimum Gasteiger partial charge on any atom is -0.382 e. The van der Waals surface area contributed by atoms with Crippen LogP contribution in [0.3, 0.4) is 0 Å². The zero-order valence-corrected chi connectivity index (χ0v) is 11.7. The Morgan fingerprint density at radius 2 is 2.35 bits per heavy atom. The van der Waals surface area contributed by atoms with Crippen molar-refractivity contribution in [3.63, 3.8) is 0 Å². The summed E-state index contributed by atoms with van der Waals surface area (Å²) in [5.41, 5.74) is 7.00. The van der Waals surface area contributed by atoms with Gasteiger partial charge in [-0.1, -0.05) is 0 Å². The molecule has 5 nitrogen and oxygen atoms in total. The number of nitrogens with two attached hydrogens (primary N) is 1. The van der Waals surface area contributed by atoms with Crippen molar-refractivity contribution in [3.05, 3.63) is 18.0 Å². The quantitative estimate of drug-likeness (QED) is 0.858. The number of nitrogen functional groups attached to an aromatic ring is 1. The molecule has 0 radical (unpaired) electrons. The predicted octanol–water partition coefficient (Wildman–Crippen LogP) is 1.82. The molecular weight excluding hydrogens is 254 g/mol. The molecule has 2 heterocycles. The average molecular weight is 269 g/mol. The fraction of sp³-hybridized carbons (Fsp3) is 0.400. The lowest BCUT2D eigenvalue weighted by Crippen LogP contribution is -2.15. The lowest BCUT2D eigenvalue weighted by atomic mass is 10.3. The SMILES string of the molecule is CSc1c(N)nsc1N(C)Cc1cnn(C)c1. The Bertz CT molecular complexity index is 505. The molecule has 0 unspecified atom stereocenters. The third kappa shape index (κ3) is 2.55. The second-order valence-corrected chi connectivity index (χ2v) is 5.35. The number of thioether (sulfide) groups is 1. The molecule has 0 amide bonds. The highest BCUT2D eigenvalue weighted by Gasteiger charge is 2.14. The standard InChI is InChI=1S/C10H15N5S2/c1-14(5-7-4-12-15(2)6-7)10-8(16-3)9(11)13-17-10/h4,6H,5H2,1-3H3,(H2,11,13). The minimum atomic E-state index is 0.621. The van der Waals surface area contributed by atoms with E-state index in [9.17, 15) is 0 Å². The lowest BCUT2D eigenvalue weighted by Gasteiger charge is -2.16. The van der Waals surface area contributed by atoms with Gasteiger partial charge in [0, 0.05) is 32.4 Å². The van der Waals surface area contributed by atoms with Crippen LogP contribution in [0, 0.1) is 0 Å². The van der Waals surface area contributed by atoms with Crippen LogP contribution in [0.4, 0.5) is 10.8 Å². The van der Waals surface area contributed by atoms with E-state index in [1.54, 1.807) is 16.4 Å². The van der Waals surface area contributed by atoms with E-state index in [0.717, 1.165) is 16.4 Å². The highest BCUT2D eigenvalue weighted by molar-refractivity contribution is 7.99. The van der Waals surface area contributed by atoms with Crippen LogP contribution in [0.15, 0.2) is 17.3 Å². The van der Waals surface area contributed by atoms with E-state index in [0.29, 0.717) is 5.82 Å². The molecule has 0 aliphatic carbocycles. The summed E-state index contributed by atoms with van der Waals surface area (Å²) in [5, 5.41) is 5.27. The van der Waals surface area contributed by atoms with Crippen molar-refractivity contribution in [1.29, 1.82) is 0 Å². The molecule has 2 aromatic rings. The van der Waals surface area contributed by atoms with Crippen LogP contribution in [-0.2, 0) is 13.6 Å². The molecule has 7 heteroatoms. The minimum absolute atomic E-state index is 0.621. The lowest BCUT2D eigenvalue weighted by molar-refractivity contribution is 0.766. The molecule has 0 aromatic carbocycles. The summed E-state index contributed by atoms with van der Waals surface area (Å²) in [6, 6.07) is 0. The number of nitrogens with zero attached hydrogens (tertiary/aromatic N) is 4. The van der Waals surface area contributed by atoms with Gasteiger partial charge in [-0.2, -0.15) is 9.47 Å². The van der Waals surface area contributed by atoms with Crippen LogP contribution in [0.25, 0.3) is 0 Å². The maximum Gasteiger partial charge on any atom is 0.153 e. The van der Waals surface area contributed by atoms with E-state index in [1.807, 2.05) is 32.7 Å². The Labute approximate surface area is 109 Å². The molecule has 17 heavy (non-hydrogen) atoms. The van der Waals surface area contributed by atoms with E-state index in [4.69, 9.17) is 5.73 Å². The molecule has 92 valence electrons. The van der Waals surface area contributed by atoms with Gasteiger partial charge in [-0.25, -0.2) is 0 Å². The van der Waals surface area contributed by atoms with Gasteiger partial charge >= 0.3 is 0 Å². The number of hydrogen-bond donors (Lipinski definition) is 1. The Balaban J connectivity index is 2.16. The number of hydrogen-bond acceptors (Lipinski definition) is 6. The molecule has 0 atom stereocenters. The van der Waals surface area contributed by atoms with Crippen LogP contribution in [0.1, 0.15) is 5.56 Å². The van der Waals surface area contributed by atoms with Gasteiger partial charge in [-0.05, 0) is 17.8 Å². The molecule has 2 aromatic heterocycles. The summed E-state index contributed by atoms with van der Waals surface area (Å²) in [6.45, 7) is 0.809. The van der Waals surface area contributed by atoms with Crippen molar-refractivity contribution < 1.29 is 0 Å². The third-order valence-corrected chi connectivity index (χ3v) is 4.30. The summed E-state index contributed by atoms with van der Waals surface area (Å²) >= 11 is 3.07. The zero-order chi connectivity index (χ0) is 12.4. The van der Waals surface area contributed by atoms with Crippen molar-refractivity contribution in [2.75, 3.05) is 23.9 Å². The largest absolute Gasteiger partial charge is 0.382 e. The molecular formula is C10H15N5S2. The van der Waals surface area contributed by atoms with Gasteiger partial charge in [0.15, 0.2) is 5.82 Å². The third-order valence-electron chi connectivity index (χ3n) is 2.39. The van der Waals surface area contributed by atoms with Gasteiger partial charge in [-0.15, -0.1) is 11.8 Å². The first-order valence-electron chi connectivity index (χ1n) is 5.09. The van der Waals surface area contributed by atoms with E-state index < -0.39 is 0 Å². The summed E-state index contributed by atoms with van der Waals surface area (Å²) in [4.78, 5) is 3.21. The summed E-state index contributed by atoms with van der Waals surface area (Å²) in [6.07, 6.45) is 5.90. The molecule has 2 N–H and O–H groups in total. The smallest absolute Gasteiger partial charge is 0.153 e. The number of aryl methyl sites for hydroxylation is 1. The fourth-order valence-electron chi connectivity index (χ4n) is 1.62.